The summed E-state index contributed by atoms with van der Waals surface area (Å²) in [5.41, 5.74) is 1.75. The van der Waals surface area contributed by atoms with Crippen molar-refractivity contribution >= 4 is 40.7 Å². The molecule has 0 saturated carbocycles. The van der Waals surface area contributed by atoms with Crippen molar-refractivity contribution in [3.8, 4) is 0 Å². The Hall–Kier alpha value is -2.04. The van der Waals surface area contributed by atoms with Crippen molar-refractivity contribution in [2.24, 2.45) is 0 Å². The number of likely N-dealkylation sites (N-methyl/N-ethyl adjacent to an activating group) is 1. The van der Waals surface area contributed by atoms with Crippen molar-refractivity contribution in [2.75, 3.05) is 18.9 Å². The van der Waals surface area contributed by atoms with Crippen molar-refractivity contribution in [2.45, 2.75) is 19.3 Å². The number of carbonyl (C=O) groups is 2. The Balaban J connectivity index is 1.74. The van der Waals surface area contributed by atoms with Gasteiger partial charge in [0.2, 0.25) is 11.8 Å². The van der Waals surface area contributed by atoms with Gasteiger partial charge in [-0.15, -0.1) is 0 Å². The van der Waals surface area contributed by atoms with E-state index in [1.54, 1.807) is 25.2 Å². The van der Waals surface area contributed by atoms with Gasteiger partial charge in [0, 0.05) is 19.2 Å². The summed E-state index contributed by atoms with van der Waals surface area (Å²) in [6, 6.07) is 14.6. The van der Waals surface area contributed by atoms with E-state index in [-0.39, 0.29) is 18.4 Å². The minimum absolute atomic E-state index is 0.0283. The van der Waals surface area contributed by atoms with Gasteiger partial charge in [-0.05, 0) is 42.7 Å². The van der Waals surface area contributed by atoms with Crippen LogP contribution in [0.15, 0.2) is 48.5 Å². The molecule has 0 saturated heterocycles. The highest BCUT2D eigenvalue weighted by molar-refractivity contribution is 6.42. The van der Waals surface area contributed by atoms with Crippen LogP contribution >= 0.6 is 23.2 Å². The molecule has 6 heteroatoms. The van der Waals surface area contributed by atoms with E-state index < -0.39 is 0 Å². The van der Waals surface area contributed by atoms with Gasteiger partial charge in [0.25, 0.3) is 0 Å². The molecule has 2 rings (SSSR count). The van der Waals surface area contributed by atoms with Gasteiger partial charge in [0.15, 0.2) is 0 Å². The van der Waals surface area contributed by atoms with Crippen LogP contribution in [0.5, 0.6) is 0 Å². The van der Waals surface area contributed by atoms with Gasteiger partial charge in [-0.3, -0.25) is 9.59 Å². The Bertz CT molecular complexity index is 735. The van der Waals surface area contributed by atoms with E-state index in [4.69, 9.17) is 23.2 Å². The van der Waals surface area contributed by atoms with Crippen LogP contribution < -0.4 is 5.32 Å². The second-order valence-electron chi connectivity index (χ2n) is 5.77. The number of carbonyl (C=O) groups excluding carboxylic acids is 2. The molecule has 0 radical (unpaired) electrons. The number of hydrogen-bond donors (Lipinski definition) is 1. The van der Waals surface area contributed by atoms with E-state index in [1.165, 1.54) is 4.90 Å². The van der Waals surface area contributed by atoms with Crippen LogP contribution in [0.2, 0.25) is 10.0 Å². The predicted molar refractivity (Wildman–Crippen MR) is 102 cm³/mol. The SMILES string of the molecule is CN(CC(=O)Nc1ccccc1)C(=O)CCCc1ccc(Cl)c(Cl)c1. The summed E-state index contributed by atoms with van der Waals surface area (Å²) in [5.74, 6) is -0.283. The molecule has 0 aliphatic carbocycles. The van der Waals surface area contributed by atoms with E-state index >= 15 is 0 Å². The molecule has 0 aromatic heterocycles. The summed E-state index contributed by atoms with van der Waals surface area (Å²) in [7, 11) is 1.63. The second kappa shape index (κ2) is 9.44. The van der Waals surface area contributed by atoms with Gasteiger partial charge < -0.3 is 10.2 Å². The maximum absolute atomic E-state index is 12.1. The molecule has 0 heterocycles. The molecule has 0 fully saturated rings. The van der Waals surface area contributed by atoms with Crippen molar-refractivity contribution in [3.63, 3.8) is 0 Å². The van der Waals surface area contributed by atoms with Crippen molar-refractivity contribution in [1.29, 1.82) is 0 Å². The van der Waals surface area contributed by atoms with E-state index in [0.717, 1.165) is 12.0 Å². The van der Waals surface area contributed by atoms with E-state index in [9.17, 15) is 9.59 Å². The van der Waals surface area contributed by atoms with Crippen LogP contribution in [-0.4, -0.2) is 30.3 Å². The molecule has 2 aromatic carbocycles. The summed E-state index contributed by atoms with van der Waals surface area (Å²) in [6.07, 6.45) is 1.78. The average Bonchev–Trinajstić information content (AvgIpc) is 2.58. The molecule has 0 bridgehead atoms. The maximum Gasteiger partial charge on any atom is 0.243 e. The molecule has 0 spiro atoms. The Morgan fingerprint density at radius 3 is 2.44 bits per heavy atom. The molecule has 4 nitrogen and oxygen atoms in total. The third-order valence-electron chi connectivity index (χ3n) is 3.70. The number of anilines is 1. The second-order valence-corrected chi connectivity index (χ2v) is 6.58. The van der Waals surface area contributed by atoms with Gasteiger partial charge in [-0.25, -0.2) is 0 Å². The number of halogens is 2. The summed E-state index contributed by atoms with van der Waals surface area (Å²) < 4.78 is 0. The molecule has 2 amide bonds. The molecular formula is C19H20Cl2N2O2. The lowest BCUT2D eigenvalue weighted by atomic mass is 10.1. The Labute approximate surface area is 157 Å². The summed E-state index contributed by atoms with van der Waals surface area (Å²) in [5, 5.41) is 3.79. The van der Waals surface area contributed by atoms with Crippen molar-refractivity contribution < 1.29 is 9.59 Å². The number of benzene rings is 2. The van der Waals surface area contributed by atoms with E-state index in [2.05, 4.69) is 5.32 Å². The molecule has 0 atom stereocenters. The molecule has 25 heavy (non-hydrogen) atoms. The fraction of sp³-hybridized carbons (Fsp3) is 0.263. The number of nitrogens with zero attached hydrogens (tertiary/aromatic N) is 1. The van der Waals surface area contributed by atoms with Crippen molar-refractivity contribution in [1.82, 2.24) is 4.90 Å². The van der Waals surface area contributed by atoms with Crippen LogP contribution in [0.1, 0.15) is 18.4 Å². The highest BCUT2D eigenvalue weighted by Crippen LogP contribution is 2.23. The fourth-order valence-corrected chi connectivity index (χ4v) is 2.68. The number of para-hydroxylation sites is 1. The highest BCUT2D eigenvalue weighted by Gasteiger charge is 2.13. The first-order valence-electron chi connectivity index (χ1n) is 7.98. The quantitative estimate of drug-likeness (QED) is 0.775. The normalized spacial score (nSPS) is 10.4. The molecular weight excluding hydrogens is 359 g/mol. The van der Waals surface area contributed by atoms with Crippen LogP contribution in [0.25, 0.3) is 0 Å². The van der Waals surface area contributed by atoms with Gasteiger partial charge in [0.1, 0.15) is 0 Å². The van der Waals surface area contributed by atoms with E-state index in [1.807, 2.05) is 30.3 Å². The van der Waals surface area contributed by atoms with E-state index in [0.29, 0.717) is 28.6 Å². The Kier molecular flexibility index (Phi) is 7.29. The molecule has 0 unspecified atom stereocenters. The first kappa shape index (κ1) is 19.3. The lowest BCUT2D eigenvalue weighted by molar-refractivity contribution is -0.133. The third-order valence-corrected chi connectivity index (χ3v) is 4.44. The summed E-state index contributed by atoms with van der Waals surface area (Å²) >= 11 is 11.9. The number of amides is 2. The largest absolute Gasteiger partial charge is 0.336 e. The monoisotopic (exact) mass is 378 g/mol. The van der Waals surface area contributed by atoms with Gasteiger partial charge >= 0.3 is 0 Å². The molecule has 2 aromatic rings. The number of rotatable bonds is 7. The molecule has 0 aliphatic rings. The van der Waals surface area contributed by atoms with Gasteiger partial charge in [-0.2, -0.15) is 0 Å². The van der Waals surface area contributed by atoms with Gasteiger partial charge in [0.05, 0.1) is 16.6 Å². The Morgan fingerprint density at radius 2 is 1.76 bits per heavy atom. The Morgan fingerprint density at radius 1 is 1.04 bits per heavy atom. The predicted octanol–water partition coefficient (Wildman–Crippen LogP) is 4.41. The standard InChI is InChI=1S/C19H20Cl2N2O2/c1-23(13-18(24)22-15-7-3-2-4-8-15)19(25)9-5-6-14-10-11-16(20)17(21)12-14/h2-4,7-8,10-12H,5-6,9,13H2,1H3,(H,22,24). The first-order chi connectivity index (χ1) is 12.0. The average molecular weight is 379 g/mol. The zero-order valence-corrected chi connectivity index (χ0v) is 15.5. The topological polar surface area (TPSA) is 49.4 Å². The van der Waals surface area contributed by atoms with Crippen LogP contribution in [0.3, 0.4) is 0 Å². The van der Waals surface area contributed by atoms with Crippen LogP contribution in [-0.2, 0) is 16.0 Å². The highest BCUT2D eigenvalue weighted by atomic mass is 35.5. The zero-order chi connectivity index (χ0) is 18.2. The zero-order valence-electron chi connectivity index (χ0n) is 14.0. The van der Waals surface area contributed by atoms with Crippen LogP contribution in [0, 0.1) is 0 Å². The lowest BCUT2D eigenvalue weighted by Crippen LogP contribution is -2.34. The number of hydrogen-bond acceptors (Lipinski definition) is 2. The van der Waals surface area contributed by atoms with Gasteiger partial charge in [-0.1, -0.05) is 47.5 Å². The van der Waals surface area contributed by atoms with Crippen molar-refractivity contribution in [3.05, 3.63) is 64.1 Å². The lowest BCUT2D eigenvalue weighted by Gasteiger charge is -2.17. The maximum atomic E-state index is 12.1. The number of nitrogens with one attached hydrogen (secondary N) is 1. The minimum Gasteiger partial charge on any atom is -0.336 e. The first-order valence-corrected chi connectivity index (χ1v) is 8.74. The number of aryl methyl sites for hydroxylation is 1. The third kappa shape index (κ3) is 6.40. The summed E-state index contributed by atoms with van der Waals surface area (Å²) in [4.78, 5) is 25.5. The fourth-order valence-electron chi connectivity index (χ4n) is 2.36. The minimum atomic E-state index is -0.216. The smallest absolute Gasteiger partial charge is 0.243 e. The summed E-state index contributed by atoms with van der Waals surface area (Å²) in [6.45, 7) is 0.0283. The van der Waals surface area contributed by atoms with Crippen LogP contribution in [0.4, 0.5) is 5.69 Å². The molecule has 132 valence electrons. The molecule has 1 N–H and O–H groups in total. The molecule has 0 aliphatic heterocycles.